The van der Waals surface area contributed by atoms with Crippen molar-refractivity contribution in [2.24, 2.45) is 0 Å². The van der Waals surface area contributed by atoms with E-state index in [9.17, 15) is 0 Å². The van der Waals surface area contributed by atoms with Gasteiger partial charge in [-0.3, -0.25) is 0 Å². The van der Waals surface area contributed by atoms with Gasteiger partial charge in [0.1, 0.15) is 0 Å². The highest BCUT2D eigenvalue weighted by atomic mass is 16.7. The van der Waals surface area contributed by atoms with Gasteiger partial charge in [0.05, 0.1) is 11.2 Å². The van der Waals surface area contributed by atoms with Gasteiger partial charge in [-0.2, -0.15) is 0 Å². The van der Waals surface area contributed by atoms with Crippen molar-refractivity contribution in [2.45, 2.75) is 58.2 Å². The Labute approximate surface area is 140 Å². The summed E-state index contributed by atoms with van der Waals surface area (Å²) in [5.41, 5.74) is 1.96. The Morgan fingerprint density at radius 3 is 2.04 bits per heavy atom. The van der Waals surface area contributed by atoms with Crippen LogP contribution in [0.3, 0.4) is 0 Å². The summed E-state index contributed by atoms with van der Waals surface area (Å²) in [6, 6.07) is 8.78. The lowest BCUT2D eigenvalue weighted by atomic mass is 9.89. The minimum atomic E-state index is -0.278. The molecule has 23 heavy (non-hydrogen) atoms. The van der Waals surface area contributed by atoms with Gasteiger partial charge in [-0.1, -0.05) is 24.2 Å². The van der Waals surface area contributed by atoms with Gasteiger partial charge in [-0.05, 0) is 64.7 Å². The van der Waals surface area contributed by atoms with Crippen LogP contribution in [0.5, 0.6) is 0 Å². The van der Waals surface area contributed by atoms with Gasteiger partial charge >= 0.3 is 7.12 Å². The highest BCUT2D eigenvalue weighted by Crippen LogP contribution is 2.37. The molecule has 0 saturated carbocycles. The van der Waals surface area contributed by atoms with E-state index in [-0.39, 0.29) is 18.3 Å². The summed E-state index contributed by atoms with van der Waals surface area (Å²) >= 11 is 0. The summed E-state index contributed by atoms with van der Waals surface area (Å²) in [6.07, 6.45) is 6.07. The highest BCUT2D eigenvalue weighted by molar-refractivity contribution is 6.52. The van der Waals surface area contributed by atoms with E-state index >= 15 is 0 Å². The van der Waals surface area contributed by atoms with E-state index in [2.05, 4.69) is 62.9 Å². The average molecular weight is 313 g/mol. The monoisotopic (exact) mass is 313 g/mol. The van der Waals surface area contributed by atoms with E-state index in [0.717, 1.165) is 0 Å². The van der Waals surface area contributed by atoms with Crippen molar-refractivity contribution in [3.05, 3.63) is 35.8 Å². The van der Waals surface area contributed by atoms with Crippen LogP contribution in [0.4, 0.5) is 5.69 Å². The third-order valence-electron chi connectivity index (χ3n) is 5.33. The van der Waals surface area contributed by atoms with Crippen LogP contribution in [0.25, 0.3) is 6.08 Å². The number of rotatable bonds is 3. The van der Waals surface area contributed by atoms with Gasteiger partial charge in [0.25, 0.3) is 0 Å². The second-order valence-electron chi connectivity index (χ2n) is 7.62. The molecular weight excluding hydrogens is 285 g/mol. The van der Waals surface area contributed by atoms with Gasteiger partial charge in [0.15, 0.2) is 0 Å². The van der Waals surface area contributed by atoms with Crippen molar-refractivity contribution in [1.82, 2.24) is 0 Å². The molecule has 0 aliphatic carbocycles. The Hall–Kier alpha value is -1.26. The number of hydrogen-bond donors (Lipinski definition) is 0. The molecule has 2 aliphatic heterocycles. The van der Waals surface area contributed by atoms with E-state index in [4.69, 9.17) is 9.31 Å². The second-order valence-corrected chi connectivity index (χ2v) is 7.62. The zero-order chi connectivity index (χ0) is 16.5. The quantitative estimate of drug-likeness (QED) is 0.776. The first kappa shape index (κ1) is 16.6. The second kappa shape index (κ2) is 6.33. The third kappa shape index (κ3) is 3.64. The lowest BCUT2D eigenvalue weighted by molar-refractivity contribution is 0.00578. The maximum atomic E-state index is 5.99. The molecule has 0 unspecified atom stereocenters. The minimum Gasteiger partial charge on any atom is -0.400 e. The maximum Gasteiger partial charge on any atom is 0.487 e. The molecular formula is C19H28BNO2. The van der Waals surface area contributed by atoms with Gasteiger partial charge < -0.3 is 14.2 Å². The largest absolute Gasteiger partial charge is 0.487 e. The van der Waals surface area contributed by atoms with Gasteiger partial charge in [-0.15, -0.1) is 0 Å². The molecule has 2 heterocycles. The normalized spacial score (nSPS) is 23.7. The summed E-state index contributed by atoms with van der Waals surface area (Å²) in [7, 11) is -0.276. The summed E-state index contributed by atoms with van der Waals surface area (Å²) in [5.74, 6) is 2.01. The molecule has 0 N–H and O–H groups in total. The zero-order valence-electron chi connectivity index (χ0n) is 14.8. The van der Waals surface area contributed by atoms with E-state index in [0.29, 0.717) is 0 Å². The predicted octanol–water partition coefficient (Wildman–Crippen LogP) is 4.32. The topological polar surface area (TPSA) is 21.7 Å². The number of anilines is 1. The lowest BCUT2D eigenvalue weighted by Gasteiger charge is -2.32. The summed E-state index contributed by atoms with van der Waals surface area (Å²) in [6.45, 7) is 10.7. The first-order chi connectivity index (χ1) is 10.9. The van der Waals surface area contributed by atoms with Gasteiger partial charge in [0, 0.05) is 18.8 Å². The molecule has 2 fully saturated rings. The van der Waals surface area contributed by atoms with Crippen LogP contribution >= 0.6 is 0 Å². The molecule has 0 aromatic heterocycles. The van der Waals surface area contributed by atoms with E-state index in [1.807, 2.05) is 5.98 Å². The Kier molecular flexibility index (Phi) is 4.57. The fourth-order valence-electron chi connectivity index (χ4n) is 3.11. The third-order valence-corrected chi connectivity index (χ3v) is 5.33. The van der Waals surface area contributed by atoms with Crippen LogP contribution in [0.15, 0.2) is 30.2 Å². The SMILES string of the molecule is CC1(C)OB(C=Cc2ccc(N3CCCCC3)cc2)OC1(C)C. The van der Waals surface area contributed by atoms with Crippen molar-refractivity contribution in [1.29, 1.82) is 0 Å². The fraction of sp³-hybridized carbons (Fsp3) is 0.579. The van der Waals surface area contributed by atoms with E-state index in [1.165, 1.54) is 43.6 Å². The molecule has 0 spiro atoms. The summed E-state index contributed by atoms with van der Waals surface area (Å²) in [5, 5.41) is 0. The van der Waals surface area contributed by atoms with Gasteiger partial charge in [-0.25, -0.2) is 0 Å². The molecule has 0 bridgehead atoms. The van der Waals surface area contributed by atoms with E-state index < -0.39 is 0 Å². The number of nitrogens with zero attached hydrogens (tertiary/aromatic N) is 1. The van der Waals surface area contributed by atoms with Crippen molar-refractivity contribution in [3.8, 4) is 0 Å². The lowest BCUT2D eigenvalue weighted by Crippen LogP contribution is -2.41. The predicted molar refractivity (Wildman–Crippen MR) is 97.6 cm³/mol. The Balaban J connectivity index is 1.62. The average Bonchev–Trinajstić information content (AvgIpc) is 2.74. The van der Waals surface area contributed by atoms with Crippen LogP contribution in [0.1, 0.15) is 52.5 Å². The molecule has 0 atom stereocenters. The van der Waals surface area contributed by atoms with Crippen LogP contribution in [0, 0.1) is 0 Å². The molecule has 1 aromatic rings. The Morgan fingerprint density at radius 2 is 1.48 bits per heavy atom. The first-order valence-electron chi connectivity index (χ1n) is 8.76. The molecule has 0 amide bonds. The molecule has 3 rings (SSSR count). The van der Waals surface area contributed by atoms with Crippen LogP contribution in [-0.2, 0) is 9.31 Å². The zero-order valence-corrected chi connectivity index (χ0v) is 14.8. The maximum absolute atomic E-state index is 5.99. The molecule has 124 valence electrons. The number of hydrogen-bond acceptors (Lipinski definition) is 3. The van der Waals surface area contributed by atoms with Crippen LogP contribution in [0.2, 0.25) is 0 Å². The standard InChI is InChI=1S/C19H28BNO2/c1-18(2)19(3,4)23-20(22-18)13-12-16-8-10-17(11-9-16)21-14-6-5-7-15-21/h8-13H,5-7,14-15H2,1-4H3. The Morgan fingerprint density at radius 1 is 0.913 bits per heavy atom. The van der Waals surface area contributed by atoms with Crippen LogP contribution < -0.4 is 4.90 Å². The number of benzene rings is 1. The molecule has 3 nitrogen and oxygen atoms in total. The number of piperidine rings is 1. The highest BCUT2D eigenvalue weighted by Gasteiger charge is 2.49. The molecule has 2 aliphatic rings. The molecule has 0 radical (unpaired) electrons. The van der Waals surface area contributed by atoms with Crippen LogP contribution in [-0.4, -0.2) is 31.4 Å². The summed E-state index contributed by atoms with van der Waals surface area (Å²) in [4.78, 5) is 2.48. The fourth-order valence-corrected chi connectivity index (χ4v) is 3.11. The Bertz CT molecular complexity index is 543. The van der Waals surface area contributed by atoms with E-state index in [1.54, 1.807) is 0 Å². The van der Waals surface area contributed by atoms with Crippen molar-refractivity contribution < 1.29 is 9.31 Å². The van der Waals surface area contributed by atoms with Crippen molar-refractivity contribution in [3.63, 3.8) is 0 Å². The first-order valence-corrected chi connectivity index (χ1v) is 8.76. The smallest absolute Gasteiger partial charge is 0.400 e. The molecule has 1 aromatic carbocycles. The summed E-state index contributed by atoms with van der Waals surface area (Å²) < 4.78 is 12.0. The van der Waals surface area contributed by atoms with Crippen molar-refractivity contribution in [2.75, 3.05) is 18.0 Å². The molecule has 2 saturated heterocycles. The molecule has 4 heteroatoms. The minimum absolute atomic E-state index is 0.276. The van der Waals surface area contributed by atoms with Gasteiger partial charge in [0.2, 0.25) is 0 Å². The van der Waals surface area contributed by atoms with Crippen molar-refractivity contribution >= 4 is 18.9 Å².